The van der Waals surface area contributed by atoms with Crippen LogP contribution in [0.2, 0.25) is 5.02 Å². The lowest BCUT2D eigenvalue weighted by atomic mass is 10.1. The third kappa shape index (κ3) is 3.07. The second-order valence-corrected chi connectivity index (χ2v) is 3.41. The van der Waals surface area contributed by atoms with Crippen molar-refractivity contribution in [2.75, 3.05) is 0 Å². The van der Waals surface area contributed by atoms with E-state index in [0.717, 1.165) is 11.1 Å². The summed E-state index contributed by atoms with van der Waals surface area (Å²) >= 11 is 5.96. The van der Waals surface area contributed by atoms with Crippen molar-refractivity contribution in [3.05, 3.63) is 34.3 Å². The molecule has 0 aliphatic heterocycles. The van der Waals surface area contributed by atoms with Crippen molar-refractivity contribution in [3.8, 4) is 0 Å². The molecule has 0 atom stereocenters. The van der Waals surface area contributed by atoms with Crippen molar-refractivity contribution in [1.82, 2.24) is 5.32 Å². The van der Waals surface area contributed by atoms with Gasteiger partial charge in [-0.1, -0.05) is 23.7 Å². The summed E-state index contributed by atoms with van der Waals surface area (Å²) < 4.78 is 0. The Morgan fingerprint density at radius 1 is 1.54 bits per heavy atom. The number of carbonyl (C=O) groups is 1. The van der Waals surface area contributed by atoms with Crippen LogP contribution in [0.15, 0.2) is 18.2 Å². The van der Waals surface area contributed by atoms with Gasteiger partial charge in [-0.05, 0) is 24.1 Å². The number of amides is 1. The molecule has 0 saturated heterocycles. The summed E-state index contributed by atoms with van der Waals surface area (Å²) in [5.41, 5.74) is 2.07. The summed E-state index contributed by atoms with van der Waals surface area (Å²) in [6, 6.07) is 5.79. The molecule has 1 aromatic carbocycles. The Kier molecular flexibility index (Phi) is 3.32. The number of nitrogens with one attached hydrogen (secondary N) is 1. The van der Waals surface area contributed by atoms with E-state index in [1.54, 1.807) is 0 Å². The fourth-order valence-electron chi connectivity index (χ4n) is 1.02. The highest BCUT2D eigenvalue weighted by atomic mass is 35.5. The first-order chi connectivity index (χ1) is 6.09. The summed E-state index contributed by atoms with van der Waals surface area (Å²) in [6.45, 7) is 3.96. The molecule has 3 heteroatoms. The van der Waals surface area contributed by atoms with Crippen LogP contribution in [0.5, 0.6) is 0 Å². The zero-order chi connectivity index (χ0) is 9.84. The Balaban J connectivity index is 2.72. The van der Waals surface area contributed by atoms with E-state index in [1.165, 1.54) is 6.92 Å². The molecule has 13 heavy (non-hydrogen) atoms. The number of rotatable bonds is 2. The van der Waals surface area contributed by atoms with E-state index >= 15 is 0 Å². The highest BCUT2D eigenvalue weighted by molar-refractivity contribution is 6.31. The molecule has 0 aliphatic rings. The lowest BCUT2D eigenvalue weighted by molar-refractivity contribution is -0.119. The first-order valence-electron chi connectivity index (χ1n) is 4.09. The maximum atomic E-state index is 10.6. The maximum Gasteiger partial charge on any atom is 0.217 e. The van der Waals surface area contributed by atoms with Gasteiger partial charge in [-0.3, -0.25) is 4.79 Å². The van der Waals surface area contributed by atoms with Gasteiger partial charge in [0.25, 0.3) is 0 Å². The Hall–Kier alpha value is -1.02. The standard InChI is InChI=1S/C10H12ClNO/c1-7-3-4-9(10(11)5-7)6-12-8(2)13/h3-5H,6H2,1-2H3,(H,12,13). The van der Waals surface area contributed by atoms with Crippen LogP contribution in [0, 0.1) is 6.92 Å². The van der Waals surface area contributed by atoms with Crippen LogP contribution in [-0.4, -0.2) is 5.91 Å². The minimum Gasteiger partial charge on any atom is -0.352 e. The lowest BCUT2D eigenvalue weighted by Gasteiger charge is -2.05. The fourth-order valence-corrected chi connectivity index (χ4v) is 1.32. The Morgan fingerprint density at radius 3 is 2.77 bits per heavy atom. The minimum atomic E-state index is -0.0448. The predicted octanol–water partition coefficient (Wildman–Crippen LogP) is 2.28. The van der Waals surface area contributed by atoms with Crippen molar-refractivity contribution in [2.45, 2.75) is 20.4 Å². The molecular weight excluding hydrogens is 186 g/mol. The topological polar surface area (TPSA) is 29.1 Å². The number of carbonyl (C=O) groups excluding carboxylic acids is 1. The largest absolute Gasteiger partial charge is 0.352 e. The molecule has 0 bridgehead atoms. The third-order valence-electron chi connectivity index (χ3n) is 1.74. The molecule has 0 fully saturated rings. The summed E-state index contributed by atoms with van der Waals surface area (Å²) in [7, 11) is 0. The summed E-state index contributed by atoms with van der Waals surface area (Å²) in [5, 5.41) is 3.40. The van der Waals surface area contributed by atoms with E-state index in [9.17, 15) is 4.79 Å². The Morgan fingerprint density at radius 2 is 2.23 bits per heavy atom. The van der Waals surface area contributed by atoms with Gasteiger partial charge in [0.2, 0.25) is 5.91 Å². The zero-order valence-corrected chi connectivity index (χ0v) is 8.48. The van der Waals surface area contributed by atoms with Gasteiger partial charge in [0.05, 0.1) is 0 Å². The molecule has 2 nitrogen and oxygen atoms in total. The molecule has 0 aromatic heterocycles. The molecule has 1 aromatic rings. The van der Waals surface area contributed by atoms with E-state index in [1.807, 2.05) is 25.1 Å². The average Bonchev–Trinajstić information content (AvgIpc) is 2.02. The van der Waals surface area contributed by atoms with Gasteiger partial charge < -0.3 is 5.32 Å². The maximum absolute atomic E-state index is 10.6. The zero-order valence-electron chi connectivity index (χ0n) is 7.73. The second kappa shape index (κ2) is 4.28. The van der Waals surface area contributed by atoms with Crippen molar-refractivity contribution in [2.24, 2.45) is 0 Å². The molecule has 1 rings (SSSR count). The number of hydrogen-bond acceptors (Lipinski definition) is 1. The van der Waals surface area contributed by atoms with Gasteiger partial charge >= 0.3 is 0 Å². The molecular formula is C10H12ClNO. The fraction of sp³-hybridized carbons (Fsp3) is 0.300. The number of halogens is 1. The van der Waals surface area contributed by atoms with Crippen LogP contribution >= 0.6 is 11.6 Å². The molecule has 1 amide bonds. The summed E-state index contributed by atoms with van der Waals surface area (Å²) in [6.07, 6.45) is 0. The van der Waals surface area contributed by atoms with Crippen LogP contribution in [0.4, 0.5) is 0 Å². The van der Waals surface area contributed by atoms with E-state index in [4.69, 9.17) is 11.6 Å². The van der Waals surface area contributed by atoms with E-state index in [2.05, 4.69) is 5.32 Å². The molecule has 0 unspecified atom stereocenters. The molecule has 0 radical (unpaired) electrons. The van der Waals surface area contributed by atoms with Crippen LogP contribution in [0.3, 0.4) is 0 Å². The summed E-state index contributed by atoms with van der Waals surface area (Å²) in [5.74, 6) is -0.0448. The normalized spacial score (nSPS) is 9.77. The monoisotopic (exact) mass is 197 g/mol. The summed E-state index contributed by atoms with van der Waals surface area (Å²) in [4.78, 5) is 10.6. The number of aryl methyl sites for hydroxylation is 1. The first kappa shape index (κ1) is 10.1. The molecule has 0 aliphatic carbocycles. The highest BCUT2D eigenvalue weighted by Crippen LogP contribution is 2.16. The van der Waals surface area contributed by atoms with Crippen molar-refractivity contribution in [3.63, 3.8) is 0 Å². The van der Waals surface area contributed by atoms with Gasteiger partial charge in [0.15, 0.2) is 0 Å². The molecule has 1 N–H and O–H groups in total. The SMILES string of the molecule is CC(=O)NCc1ccc(C)cc1Cl. The lowest BCUT2D eigenvalue weighted by Crippen LogP contribution is -2.19. The number of benzene rings is 1. The first-order valence-corrected chi connectivity index (χ1v) is 4.47. The van der Waals surface area contributed by atoms with Gasteiger partial charge in [-0.25, -0.2) is 0 Å². The third-order valence-corrected chi connectivity index (χ3v) is 2.09. The van der Waals surface area contributed by atoms with Gasteiger partial charge in [0, 0.05) is 18.5 Å². The molecule has 0 spiro atoms. The number of hydrogen-bond donors (Lipinski definition) is 1. The van der Waals surface area contributed by atoms with Gasteiger partial charge in [0.1, 0.15) is 0 Å². The molecule has 70 valence electrons. The van der Waals surface area contributed by atoms with E-state index in [-0.39, 0.29) is 5.91 Å². The predicted molar refractivity (Wildman–Crippen MR) is 53.7 cm³/mol. The van der Waals surface area contributed by atoms with Crippen LogP contribution in [0.1, 0.15) is 18.1 Å². The molecule has 0 heterocycles. The minimum absolute atomic E-state index is 0.0448. The van der Waals surface area contributed by atoms with Gasteiger partial charge in [-0.15, -0.1) is 0 Å². The van der Waals surface area contributed by atoms with E-state index in [0.29, 0.717) is 11.6 Å². The highest BCUT2D eigenvalue weighted by Gasteiger charge is 2.00. The Labute approximate surface area is 82.9 Å². The van der Waals surface area contributed by atoms with Crippen molar-refractivity contribution in [1.29, 1.82) is 0 Å². The molecule has 0 saturated carbocycles. The smallest absolute Gasteiger partial charge is 0.217 e. The quantitative estimate of drug-likeness (QED) is 0.775. The average molecular weight is 198 g/mol. The van der Waals surface area contributed by atoms with Crippen molar-refractivity contribution < 1.29 is 4.79 Å². The van der Waals surface area contributed by atoms with Crippen LogP contribution in [-0.2, 0) is 11.3 Å². The van der Waals surface area contributed by atoms with E-state index < -0.39 is 0 Å². The Bertz CT molecular complexity index is 323. The second-order valence-electron chi connectivity index (χ2n) is 3.00. The van der Waals surface area contributed by atoms with Crippen LogP contribution in [0.25, 0.3) is 0 Å². The van der Waals surface area contributed by atoms with Gasteiger partial charge in [-0.2, -0.15) is 0 Å². The van der Waals surface area contributed by atoms with Crippen LogP contribution < -0.4 is 5.32 Å². The van der Waals surface area contributed by atoms with Crippen molar-refractivity contribution >= 4 is 17.5 Å².